The van der Waals surface area contributed by atoms with Gasteiger partial charge in [-0.05, 0) is 24.8 Å². The Kier molecular flexibility index (Phi) is 4.80. The second-order valence-electron chi connectivity index (χ2n) is 5.81. The maximum Gasteiger partial charge on any atom is 0.319 e. The van der Waals surface area contributed by atoms with Gasteiger partial charge in [-0.1, -0.05) is 26.0 Å². The van der Waals surface area contributed by atoms with Crippen LogP contribution in [0, 0.1) is 11.3 Å². The van der Waals surface area contributed by atoms with Gasteiger partial charge in [0.2, 0.25) is 11.8 Å². The minimum Gasteiger partial charge on any atom is -0.480 e. The third kappa shape index (κ3) is 3.44. The molecule has 2 N–H and O–H groups in total. The molecule has 0 unspecified atom stereocenters. The van der Waals surface area contributed by atoms with Crippen LogP contribution in [0.15, 0.2) is 30.5 Å². The minimum atomic E-state index is -1.41. The molecule has 1 amide bonds. The molecule has 0 saturated heterocycles. The number of rotatable bonds is 6. The lowest BCUT2D eigenvalue weighted by atomic mass is 9.84. The first-order valence-electron chi connectivity index (χ1n) is 7.23. The monoisotopic (exact) mass is 304 g/mol. The third-order valence-corrected chi connectivity index (χ3v) is 3.50. The van der Waals surface area contributed by atoms with Gasteiger partial charge in [-0.25, -0.2) is 4.98 Å². The van der Waals surface area contributed by atoms with E-state index < -0.39 is 17.3 Å². The number of carboxylic acids is 1. The Bertz CT molecular complexity index is 570. The van der Waals surface area contributed by atoms with Crippen molar-refractivity contribution in [3.05, 3.63) is 30.5 Å². The lowest BCUT2D eigenvalue weighted by Gasteiger charge is -2.22. The van der Waals surface area contributed by atoms with Gasteiger partial charge >= 0.3 is 5.97 Å². The maximum atomic E-state index is 12.3. The Morgan fingerprint density at radius 1 is 1.36 bits per heavy atom. The molecule has 118 valence electrons. The molecular weight excluding hydrogens is 284 g/mol. The van der Waals surface area contributed by atoms with Crippen molar-refractivity contribution in [3.63, 3.8) is 0 Å². The first kappa shape index (κ1) is 16.0. The number of anilines is 1. The van der Waals surface area contributed by atoms with E-state index in [4.69, 9.17) is 4.74 Å². The van der Waals surface area contributed by atoms with Crippen molar-refractivity contribution in [1.29, 1.82) is 0 Å². The Morgan fingerprint density at radius 3 is 2.55 bits per heavy atom. The maximum absolute atomic E-state index is 12.3. The molecule has 6 heteroatoms. The second-order valence-corrected chi connectivity index (χ2v) is 5.81. The summed E-state index contributed by atoms with van der Waals surface area (Å²) in [5.74, 6) is -0.767. The van der Waals surface area contributed by atoms with Gasteiger partial charge in [0.15, 0.2) is 5.41 Å². The number of amides is 1. The van der Waals surface area contributed by atoms with E-state index in [9.17, 15) is 14.7 Å². The van der Waals surface area contributed by atoms with Crippen molar-refractivity contribution in [1.82, 2.24) is 4.98 Å². The highest BCUT2D eigenvalue weighted by Crippen LogP contribution is 2.35. The lowest BCUT2D eigenvalue weighted by molar-refractivity contribution is -0.153. The molecule has 0 aromatic carbocycles. The first-order chi connectivity index (χ1) is 10.4. The molecule has 0 radical (unpaired) electrons. The van der Waals surface area contributed by atoms with E-state index in [1.807, 2.05) is 13.8 Å². The van der Waals surface area contributed by atoms with E-state index in [1.165, 1.54) is 6.20 Å². The van der Waals surface area contributed by atoms with Crippen LogP contribution in [0.25, 0.3) is 0 Å². The van der Waals surface area contributed by atoms with E-state index in [-0.39, 0.29) is 12.8 Å². The summed E-state index contributed by atoms with van der Waals surface area (Å²) >= 11 is 0. The predicted molar refractivity (Wildman–Crippen MR) is 81.6 cm³/mol. The van der Waals surface area contributed by atoms with Gasteiger partial charge < -0.3 is 15.2 Å². The average Bonchev–Trinajstić information content (AvgIpc) is 2.97. The van der Waals surface area contributed by atoms with Gasteiger partial charge in [0, 0.05) is 6.07 Å². The van der Waals surface area contributed by atoms with E-state index in [2.05, 4.69) is 10.3 Å². The molecule has 1 aliphatic rings. The number of aromatic nitrogens is 1. The number of carbonyl (C=O) groups excluding carboxylic acids is 1. The fourth-order valence-corrected chi connectivity index (χ4v) is 2.15. The van der Waals surface area contributed by atoms with Crippen LogP contribution in [0.1, 0.15) is 26.7 Å². The van der Waals surface area contributed by atoms with Crippen LogP contribution < -0.4 is 10.1 Å². The van der Waals surface area contributed by atoms with E-state index in [1.54, 1.807) is 24.3 Å². The standard InChI is InChI=1S/C16H20N2O4/c1-11(2)10-22-13-6-5-12(9-17-13)18-14(19)16(15(20)21)7-3-4-8-16/h3-6,9,11H,7-8,10H2,1-2H3,(H,18,19)(H,20,21). The van der Waals surface area contributed by atoms with Crippen molar-refractivity contribution < 1.29 is 19.4 Å². The van der Waals surface area contributed by atoms with Gasteiger partial charge in [-0.3, -0.25) is 9.59 Å². The van der Waals surface area contributed by atoms with Crippen molar-refractivity contribution in [2.24, 2.45) is 11.3 Å². The van der Waals surface area contributed by atoms with E-state index >= 15 is 0 Å². The van der Waals surface area contributed by atoms with Gasteiger partial charge in [0.1, 0.15) is 0 Å². The molecule has 0 saturated carbocycles. The Morgan fingerprint density at radius 2 is 2.05 bits per heavy atom. The summed E-state index contributed by atoms with van der Waals surface area (Å²) in [5, 5.41) is 12.0. The fraction of sp³-hybridized carbons (Fsp3) is 0.438. The number of carbonyl (C=O) groups is 2. The van der Waals surface area contributed by atoms with Crippen molar-refractivity contribution in [2.45, 2.75) is 26.7 Å². The average molecular weight is 304 g/mol. The topological polar surface area (TPSA) is 88.5 Å². The minimum absolute atomic E-state index is 0.206. The molecule has 1 aromatic rings. The Balaban J connectivity index is 2.01. The summed E-state index contributed by atoms with van der Waals surface area (Å²) in [6, 6.07) is 3.30. The second kappa shape index (κ2) is 6.60. The SMILES string of the molecule is CC(C)COc1ccc(NC(=O)C2(C(=O)O)CC=CC2)cn1. The number of hydrogen-bond acceptors (Lipinski definition) is 4. The van der Waals surface area contributed by atoms with Gasteiger partial charge in [-0.15, -0.1) is 0 Å². The smallest absolute Gasteiger partial charge is 0.319 e. The number of nitrogens with zero attached hydrogens (tertiary/aromatic N) is 1. The van der Waals surface area contributed by atoms with Crippen LogP contribution in [0.5, 0.6) is 5.88 Å². The highest BCUT2D eigenvalue weighted by atomic mass is 16.5. The molecule has 0 bridgehead atoms. The molecule has 1 aromatic heterocycles. The zero-order valence-electron chi connectivity index (χ0n) is 12.7. The van der Waals surface area contributed by atoms with Crippen LogP contribution in [0.4, 0.5) is 5.69 Å². The number of hydrogen-bond donors (Lipinski definition) is 2. The van der Waals surface area contributed by atoms with Crippen LogP contribution in [-0.2, 0) is 9.59 Å². The molecule has 1 heterocycles. The fourth-order valence-electron chi connectivity index (χ4n) is 2.15. The van der Waals surface area contributed by atoms with Crippen LogP contribution in [-0.4, -0.2) is 28.6 Å². The van der Waals surface area contributed by atoms with Crippen molar-refractivity contribution in [3.8, 4) is 5.88 Å². The quantitative estimate of drug-likeness (QED) is 0.622. The Labute approximate surface area is 129 Å². The zero-order valence-corrected chi connectivity index (χ0v) is 12.7. The largest absolute Gasteiger partial charge is 0.480 e. The molecule has 0 atom stereocenters. The highest BCUT2D eigenvalue weighted by molar-refractivity contribution is 6.09. The number of aliphatic carboxylic acids is 1. The highest BCUT2D eigenvalue weighted by Gasteiger charge is 2.46. The number of allylic oxidation sites excluding steroid dienone is 2. The van der Waals surface area contributed by atoms with Crippen molar-refractivity contribution >= 4 is 17.6 Å². The molecular formula is C16H20N2O4. The van der Waals surface area contributed by atoms with Gasteiger partial charge in [0.25, 0.3) is 0 Å². The molecule has 6 nitrogen and oxygen atoms in total. The lowest BCUT2D eigenvalue weighted by Crippen LogP contribution is -2.41. The number of ether oxygens (including phenoxy) is 1. The van der Waals surface area contributed by atoms with Crippen LogP contribution in [0.3, 0.4) is 0 Å². The van der Waals surface area contributed by atoms with E-state index in [0.29, 0.717) is 24.1 Å². The third-order valence-electron chi connectivity index (χ3n) is 3.50. The van der Waals surface area contributed by atoms with E-state index in [0.717, 1.165) is 0 Å². The molecule has 0 aliphatic heterocycles. The molecule has 0 fully saturated rings. The summed E-state index contributed by atoms with van der Waals surface area (Å²) in [6.45, 7) is 4.64. The summed E-state index contributed by atoms with van der Waals surface area (Å²) < 4.78 is 5.46. The van der Waals surface area contributed by atoms with Crippen molar-refractivity contribution in [2.75, 3.05) is 11.9 Å². The molecule has 0 spiro atoms. The molecule has 1 aliphatic carbocycles. The summed E-state index contributed by atoms with van der Waals surface area (Å²) in [5.41, 5.74) is -0.957. The van der Waals surface area contributed by atoms with Crippen LogP contribution in [0.2, 0.25) is 0 Å². The normalized spacial score (nSPS) is 15.8. The van der Waals surface area contributed by atoms with Crippen LogP contribution >= 0.6 is 0 Å². The first-order valence-corrected chi connectivity index (χ1v) is 7.23. The Hall–Kier alpha value is -2.37. The van der Waals surface area contributed by atoms with Gasteiger partial charge in [-0.2, -0.15) is 0 Å². The molecule has 22 heavy (non-hydrogen) atoms. The molecule has 2 rings (SSSR count). The summed E-state index contributed by atoms with van der Waals surface area (Å²) in [6.07, 6.45) is 5.31. The number of pyridine rings is 1. The summed E-state index contributed by atoms with van der Waals surface area (Å²) in [7, 11) is 0. The summed E-state index contributed by atoms with van der Waals surface area (Å²) in [4.78, 5) is 27.8. The number of carboxylic acid groups (broad SMARTS) is 1. The predicted octanol–water partition coefficient (Wildman–Crippen LogP) is 2.48. The number of nitrogens with one attached hydrogen (secondary N) is 1. The zero-order chi connectivity index (χ0) is 16.2. The van der Waals surface area contributed by atoms with Gasteiger partial charge in [0.05, 0.1) is 18.5 Å².